The number of hydrogen-bond acceptors (Lipinski definition) is 1. The van der Waals surface area contributed by atoms with Crippen molar-refractivity contribution in [2.24, 2.45) is 0 Å². The molecule has 0 aliphatic heterocycles. The number of halogens is 1. The fourth-order valence-corrected chi connectivity index (χ4v) is 2.43. The van der Waals surface area contributed by atoms with Crippen LogP contribution in [0.1, 0.15) is 56.2 Å². The van der Waals surface area contributed by atoms with Gasteiger partial charge in [-0.2, -0.15) is 0 Å². The molecule has 0 heterocycles. The molecule has 0 bridgehead atoms. The Kier molecular flexibility index (Phi) is 6.61. The van der Waals surface area contributed by atoms with E-state index in [-0.39, 0.29) is 0 Å². The Labute approximate surface area is 111 Å². The third-order valence-electron chi connectivity index (χ3n) is 3.29. The summed E-state index contributed by atoms with van der Waals surface area (Å²) in [5.41, 5.74) is 2.41. The lowest BCUT2D eigenvalue weighted by atomic mass is 9.98. The fourth-order valence-electron chi connectivity index (χ4n) is 2.17. The van der Waals surface area contributed by atoms with Crippen LogP contribution < -0.4 is 5.32 Å². The third kappa shape index (κ3) is 4.33. The van der Waals surface area contributed by atoms with E-state index in [1.807, 2.05) is 7.05 Å². The van der Waals surface area contributed by atoms with Crippen LogP contribution in [0.25, 0.3) is 0 Å². The largest absolute Gasteiger partial charge is 0.313 e. The second-order valence-corrected chi connectivity index (χ2v) is 5.05. The molecular formula is C15H24ClN. The molecule has 0 fully saturated rings. The van der Waals surface area contributed by atoms with Crippen LogP contribution in [0.2, 0.25) is 5.02 Å². The minimum Gasteiger partial charge on any atom is -0.313 e. The molecule has 0 aromatic heterocycles. The van der Waals surface area contributed by atoms with Crippen LogP contribution in [-0.2, 0) is 0 Å². The van der Waals surface area contributed by atoms with E-state index in [0.717, 1.165) is 10.6 Å². The van der Waals surface area contributed by atoms with Gasteiger partial charge in [0.2, 0.25) is 0 Å². The first kappa shape index (κ1) is 14.5. The maximum Gasteiger partial charge on any atom is 0.0482 e. The van der Waals surface area contributed by atoms with Crippen LogP contribution in [-0.4, -0.2) is 7.05 Å². The Morgan fingerprint density at radius 2 is 2.00 bits per heavy atom. The van der Waals surface area contributed by atoms with Gasteiger partial charge in [-0.05, 0) is 31.5 Å². The topological polar surface area (TPSA) is 12.0 Å². The molecule has 1 aromatic carbocycles. The molecule has 0 amide bonds. The lowest BCUT2D eigenvalue weighted by molar-refractivity contribution is 0.505. The summed E-state index contributed by atoms with van der Waals surface area (Å²) < 4.78 is 0. The van der Waals surface area contributed by atoms with Crippen LogP contribution in [0.3, 0.4) is 0 Å². The predicted molar refractivity (Wildman–Crippen MR) is 76.7 cm³/mol. The molecule has 1 atom stereocenters. The summed E-state index contributed by atoms with van der Waals surface area (Å²) in [6, 6.07) is 6.68. The zero-order chi connectivity index (χ0) is 12.7. The van der Waals surface area contributed by atoms with Crippen LogP contribution in [0.5, 0.6) is 0 Å². The average Bonchev–Trinajstić information content (AvgIpc) is 2.34. The number of benzene rings is 1. The van der Waals surface area contributed by atoms with Gasteiger partial charge in [0, 0.05) is 11.1 Å². The second kappa shape index (κ2) is 7.73. The van der Waals surface area contributed by atoms with E-state index >= 15 is 0 Å². The predicted octanol–water partition coefficient (Wildman–Crippen LogP) is 4.88. The van der Waals surface area contributed by atoms with E-state index in [4.69, 9.17) is 11.6 Å². The Bertz CT molecular complexity index is 336. The fraction of sp³-hybridized carbons (Fsp3) is 0.600. The van der Waals surface area contributed by atoms with Gasteiger partial charge in [-0.25, -0.2) is 0 Å². The smallest absolute Gasteiger partial charge is 0.0482 e. The lowest BCUT2D eigenvalue weighted by Gasteiger charge is -2.19. The van der Waals surface area contributed by atoms with Crippen LogP contribution in [0.15, 0.2) is 18.2 Å². The van der Waals surface area contributed by atoms with Gasteiger partial charge in [0.05, 0.1) is 0 Å². The number of rotatable bonds is 7. The summed E-state index contributed by atoms with van der Waals surface area (Å²) in [6.07, 6.45) is 6.37. The van der Waals surface area contributed by atoms with Crippen molar-refractivity contribution in [1.82, 2.24) is 5.32 Å². The lowest BCUT2D eigenvalue weighted by Crippen LogP contribution is -2.17. The van der Waals surface area contributed by atoms with Gasteiger partial charge in [0.25, 0.3) is 0 Å². The zero-order valence-corrected chi connectivity index (χ0v) is 12.0. The summed E-state index contributed by atoms with van der Waals surface area (Å²) in [5.74, 6) is 0. The van der Waals surface area contributed by atoms with Crippen molar-refractivity contribution >= 4 is 11.6 Å². The monoisotopic (exact) mass is 253 g/mol. The maximum absolute atomic E-state index is 6.37. The number of unbranched alkanes of at least 4 members (excludes halogenated alkanes) is 3. The van der Waals surface area contributed by atoms with Crippen molar-refractivity contribution in [3.63, 3.8) is 0 Å². The molecule has 0 aliphatic carbocycles. The first-order chi connectivity index (χ1) is 8.20. The molecule has 1 N–H and O–H groups in total. The first-order valence-corrected chi connectivity index (χ1v) is 7.00. The van der Waals surface area contributed by atoms with Crippen LogP contribution in [0.4, 0.5) is 0 Å². The molecule has 96 valence electrons. The molecule has 1 aromatic rings. The number of hydrogen-bond donors (Lipinski definition) is 1. The highest BCUT2D eigenvalue weighted by Gasteiger charge is 2.13. The van der Waals surface area contributed by atoms with Crippen molar-refractivity contribution in [3.05, 3.63) is 34.3 Å². The third-order valence-corrected chi connectivity index (χ3v) is 3.81. The molecule has 0 saturated carbocycles. The van der Waals surface area contributed by atoms with E-state index in [2.05, 4.69) is 37.4 Å². The molecule has 1 unspecified atom stereocenters. The maximum atomic E-state index is 6.37. The SMILES string of the molecule is CCCCCCC(NC)c1cccc(C)c1Cl. The van der Waals surface area contributed by atoms with Gasteiger partial charge in [-0.1, -0.05) is 62.4 Å². The summed E-state index contributed by atoms with van der Waals surface area (Å²) in [6.45, 7) is 4.31. The van der Waals surface area contributed by atoms with E-state index in [1.54, 1.807) is 0 Å². The van der Waals surface area contributed by atoms with Gasteiger partial charge < -0.3 is 5.32 Å². The highest BCUT2D eigenvalue weighted by molar-refractivity contribution is 6.32. The molecule has 1 nitrogen and oxygen atoms in total. The first-order valence-electron chi connectivity index (χ1n) is 6.63. The standard InChI is InChI=1S/C15H24ClN/c1-4-5-6-7-11-14(17-3)13-10-8-9-12(2)15(13)16/h8-10,14,17H,4-7,11H2,1-3H3. The molecule has 17 heavy (non-hydrogen) atoms. The summed E-state index contributed by atoms with van der Waals surface area (Å²) >= 11 is 6.37. The van der Waals surface area contributed by atoms with Gasteiger partial charge in [-0.3, -0.25) is 0 Å². The van der Waals surface area contributed by atoms with Crippen molar-refractivity contribution in [3.8, 4) is 0 Å². The Morgan fingerprint density at radius 3 is 2.65 bits per heavy atom. The Hall–Kier alpha value is -0.530. The normalized spacial score (nSPS) is 12.7. The average molecular weight is 254 g/mol. The number of aryl methyl sites for hydroxylation is 1. The van der Waals surface area contributed by atoms with Crippen molar-refractivity contribution in [2.45, 2.75) is 52.0 Å². The summed E-state index contributed by atoms with van der Waals surface area (Å²) in [5, 5.41) is 4.30. The van der Waals surface area contributed by atoms with E-state index in [9.17, 15) is 0 Å². The highest BCUT2D eigenvalue weighted by Crippen LogP contribution is 2.29. The van der Waals surface area contributed by atoms with Gasteiger partial charge in [-0.15, -0.1) is 0 Å². The molecule has 0 radical (unpaired) electrons. The highest BCUT2D eigenvalue weighted by atomic mass is 35.5. The van der Waals surface area contributed by atoms with Crippen molar-refractivity contribution < 1.29 is 0 Å². The molecule has 0 aliphatic rings. The number of nitrogens with one attached hydrogen (secondary N) is 1. The minimum absolute atomic E-state index is 0.388. The molecule has 1 rings (SSSR count). The quantitative estimate of drug-likeness (QED) is 0.683. The van der Waals surface area contributed by atoms with Crippen LogP contribution in [0, 0.1) is 6.92 Å². The summed E-state index contributed by atoms with van der Waals surface area (Å²) in [7, 11) is 2.02. The van der Waals surface area contributed by atoms with E-state index in [1.165, 1.54) is 37.7 Å². The molecular weight excluding hydrogens is 230 g/mol. The molecule has 0 spiro atoms. The molecule has 0 saturated heterocycles. The molecule has 2 heteroatoms. The Balaban J connectivity index is 2.63. The van der Waals surface area contributed by atoms with Crippen molar-refractivity contribution in [2.75, 3.05) is 7.05 Å². The van der Waals surface area contributed by atoms with Gasteiger partial charge in [0.1, 0.15) is 0 Å². The minimum atomic E-state index is 0.388. The van der Waals surface area contributed by atoms with E-state index < -0.39 is 0 Å². The zero-order valence-electron chi connectivity index (χ0n) is 11.2. The van der Waals surface area contributed by atoms with Gasteiger partial charge >= 0.3 is 0 Å². The second-order valence-electron chi connectivity index (χ2n) is 4.67. The van der Waals surface area contributed by atoms with Gasteiger partial charge in [0.15, 0.2) is 0 Å². The Morgan fingerprint density at radius 1 is 1.24 bits per heavy atom. The van der Waals surface area contributed by atoms with E-state index in [0.29, 0.717) is 6.04 Å². The summed E-state index contributed by atoms with van der Waals surface area (Å²) in [4.78, 5) is 0. The van der Waals surface area contributed by atoms with Crippen molar-refractivity contribution in [1.29, 1.82) is 0 Å². The van der Waals surface area contributed by atoms with Crippen LogP contribution >= 0.6 is 11.6 Å².